The van der Waals surface area contributed by atoms with Crippen LogP contribution in [0.5, 0.6) is 0 Å². The van der Waals surface area contributed by atoms with E-state index in [1.165, 1.54) is 0 Å². The van der Waals surface area contributed by atoms with E-state index in [1.807, 2.05) is 30.3 Å². The maximum Gasteiger partial charge on any atom is 0.303 e. The van der Waals surface area contributed by atoms with Gasteiger partial charge in [-0.05, 0) is 56.0 Å². The molecular formula is C22H24N2O4. The standard InChI is InChI=1S/C22H24N2O4/c1-22(14-5-15-24(22)20(27)17-6-3-2-4-7-17)21(28)23-18-11-8-16(9-12-18)10-13-19(25)26/h2-4,6-9,11-12H,5,10,13-15H2,1H3,(H,23,28)(H,25,26). The van der Waals surface area contributed by atoms with E-state index in [2.05, 4.69) is 5.32 Å². The monoisotopic (exact) mass is 380 g/mol. The molecule has 0 saturated carbocycles. The molecule has 6 nitrogen and oxygen atoms in total. The minimum Gasteiger partial charge on any atom is -0.481 e. The van der Waals surface area contributed by atoms with Crippen molar-refractivity contribution in [1.82, 2.24) is 4.90 Å². The van der Waals surface area contributed by atoms with Gasteiger partial charge in [0.25, 0.3) is 5.91 Å². The smallest absolute Gasteiger partial charge is 0.303 e. The molecule has 0 spiro atoms. The number of anilines is 1. The molecule has 1 fully saturated rings. The maximum absolute atomic E-state index is 13.0. The van der Waals surface area contributed by atoms with Gasteiger partial charge in [-0.2, -0.15) is 0 Å². The van der Waals surface area contributed by atoms with Gasteiger partial charge in [-0.15, -0.1) is 0 Å². The zero-order valence-corrected chi connectivity index (χ0v) is 15.9. The Kier molecular flexibility index (Phi) is 5.78. The first kappa shape index (κ1) is 19.6. The van der Waals surface area contributed by atoms with Gasteiger partial charge in [0.05, 0.1) is 0 Å². The number of aliphatic carboxylic acids is 1. The van der Waals surface area contributed by atoms with E-state index in [0.29, 0.717) is 30.6 Å². The van der Waals surface area contributed by atoms with E-state index in [-0.39, 0.29) is 18.2 Å². The Morgan fingerprint density at radius 3 is 2.39 bits per heavy atom. The topological polar surface area (TPSA) is 86.7 Å². The number of carbonyl (C=O) groups excluding carboxylic acids is 2. The zero-order valence-electron chi connectivity index (χ0n) is 15.9. The van der Waals surface area contributed by atoms with Gasteiger partial charge in [-0.1, -0.05) is 30.3 Å². The summed E-state index contributed by atoms with van der Waals surface area (Å²) >= 11 is 0. The van der Waals surface area contributed by atoms with Crippen LogP contribution in [-0.4, -0.2) is 39.9 Å². The summed E-state index contributed by atoms with van der Waals surface area (Å²) in [4.78, 5) is 38.2. The highest BCUT2D eigenvalue weighted by Gasteiger charge is 2.45. The fraction of sp³-hybridized carbons (Fsp3) is 0.318. The average molecular weight is 380 g/mol. The van der Waals surface area contributed by atoms with E-state index in [9.17, 15) is 14.4 Å². The molecule has 1 heterocycles. The van der Waals surface area contributed by atoms with Crippen molar-refractivity contribution in [1.29, 1.82) is 0 Å². The van der Waals surface area contributed by atoms with E-state index >= 15 is 0 Å². The third-order valence-corrected chi connectivity index (χ3v) is 5.24. The van der Waals surface area contributed by atoms with Crippen LogP contribution in [0, 0.1) is 0 Å². The second-order valence-electron chi connectivity index (χ2n) is 7.25. The quantitative estimate of drug-likeness (QED) is 0.805. The Hall–Kier alpha value is -3.15. The number of hydrogen-bond donors (Lipinski definition) is 2. The van der Waals surface area contributed by atoms with Crippen molar-refractivity contribution >= 4 is 23.5 Å². The van der Waals surface area contributed by atoms with Crippen LogP contribution >= 0.6 is 0 Å². The van der Waals surface area contributed by atoms with Gasteiger partial charge in [0, 0.05) is 24.2 Å². The number of nitrogens with zero attached hydrogens (tertiary/aromatic N) is 1. The number of carboxylic acid groups (broad SMARTS) is 1. The number of likely N-dealkylation sites (tertiary alicyclic amines) is 1. The lowest BCUT2D eigenvalue weighted by molar-refractivity contribution is -0.137. The molecule has 2 aromatic rings. The summed E-state index contributed by atoms with van der Waals surface area (Å²) in [5.41, 5.74) is 1.19. The summed E-state index contributed by atoms with van der Waals surface area (Å²) < 4.78 is 0. The fourth-order valence-electron chi connectivity index (χ4n) is 3.53. The molecule has 1 aliphatic rings. The predicted molar refractivity (Wildman–Crippen MR) is 106 cm³/mol. The van der Waals surface area contributed by atoms with Crippen LogP contribution in [0.2, 0.25) is 0 Å². The van der Waals surface area contributed by atoms with Gasteiger partial charge in [0.2, 0.25) is 5.91 Å². The number of benzene rings is 2. The molecule has 1 aliphatic heterocycles. The highest BCUT2D eigenvalue weighted by Crippen LogP contribution is 2.32. The summed E-state index contributed by atoms with van der Waals surface area (Å²) in [7, 11) is 0. The van der Waals surface area contributed by atoms with Crippen molar-refractivity contribution < 1.29 is 19.5 Å². The largest absolute Gasteiger partial charge is 0.481 e. The van der Waals surface area contributed by atoms with Crippen molar-refractivity contribution in [3.05, 3.63) is 65.7 Å². The summed E-state index contributed by atoms with van der Waals surface area (Å²) in [5, 5.41) is 11.7. The van der Waals surface area contributed by atoms with E-state index in [1.54, 1.807) is 36.1 Å². The lowest BCUT2D eigenvalue weighted by atomic mass is 9.96. The van der Waals surface area contributed by atoms with Gasteiger partial charge in [-0.3, -0.25) is 14.4 Å². The van der Waals surface area contributed by atoms with Gasteiger partial charge >= 0.3 is 5.97 Å². The average Bonchev–Trinajstić information content (AvgIpc) is 3.10. The first-order chi connectivity index (χ1) is 13.4. The molecular weight excluding hydrogens is 356 g/mol. The maximum atomic E-state index is 13.0. The highest BCUT2D eigenvalue weighted by atomic mass is 16.4. The van der Waals surface area contributed by atoms with E-state index in [0.717, 1.165) is 12.0 Å². The Morgan fingerprint density at radius 1 is 1.07 bits per heavy atom. The second-order valence-corrected chi connectivity index (χ2v) is 7.25. The van der Waals surface area contributed by atoms with Crippen molar-refractivity contribution in [2.45, 2.75) is 38.1 Å². The van der Waals surface area contributed by atoms with E-state index < -0.39 is 11.5 Å². The minimum atomic E-state index is -0.908. The van der Waals surface area contributed by atoms with Gasteiger partial charge in [0.1, 0.15) is 5.54 Å². The summed E-state index contributed by atoms with van der Waals surface area (Å²) in [5.74, 6) is -1.19. The van der Waals surface area contributed by atoms with Crippen LogP contribution in [-0.2, 0) is 16.0 Å². The Morgan fingerprint density at radius 2 is 1.75 bits per heavy atom. The van der Waals surface area contributed by atoms with Crippen molar-refractivity contribution in [2.75, 3.05) is 11.9 Å². The number of carbonyl (C=O) groups is 3. The normalized spacial score (nSPS) is 18.7. The molecule has 1 unspecified atom stereocenters. The molecule has 0 aromatic heterocycles. The molecule has 2 N–H and O–H groups in total. The van der Waals surface area contributed by atoms with Crippen LogP contribution in [0.15, 0.2) is 54.6 Å². The zero-order chi connectivity index (χ0) is 20.1. The fourth-order valence-corrected chi connectivity index (χ4v) is 3.53. The second kappa shape index (κ2) is 8.25. The highest BCUT2D eigenvalue weighted by molar-refractivity contribution is 6.03. The molecule has 6 heteroatoms. The summed E-state index contributed by atoms with van der Waals surface area (Å²) in [6, 6.07) is 16.1. The number of rotatable bonds is 6. The van der Waals surface area contributed by atoms with Crippen molar-refractivity contribution in [3.8, 4) is 0 Å². The molecule has 0 bridgehead atoms. The third kappa shape index (κ3) is 4.22. The van der Waals surface area contributed by atoms with Crippen LogP contribution in [0.1, 0.15) is 42.1 Å². The molecule has 2 amide bonds. The number of aryl methyl sites for hydroxylation is 1. The van der Waals surface area contributed by atoms with E-state index in [4.69, 9.17) is 5.11 Å². The molecule has 3 rings (SSSR count). The van der Waals surface area contributed by atoms with Crippen LogP contribution in [0.3, 0.4) is 0 Å². The molecule has 0 aliphatic carbocycles. The Labute approximate surface area is 164 Å². The number of nitrogens with one attached hydrogen (secondary N) is 1. The van der Waals surface area contributed by atoms with Crippen LogP contribution in [0.4, 0.5) is 5.69 Å². The summed E-state index contributed by atoms with van der Waals surface area (Å²) in [6.07, 6.45) is 1.89. The molecule has 2 aromatic carbocycles. The number of carboxylic acids is 1. The van der Waals surface area contributed by atoms with Gasteiger partial charge in [-0.25, -0.2) is 0 Å². The lowest BCUT2D eigenvalue weighted by Crippen LogP contribution is -2.53. The molecule has 1 atom stereocenters. The number of hydrogen-bond acceptors (Lipinski definition) is 3. The van der Waals surface area contributed by atoms with Gasteiger partial charge in [0.15, 0.2) is 0 Å². The van der Waals surface area contributed by atoms with Crippen LogP contribution < -0.4 is 5.32 Å². The summed E-state index contributed by atoms with van der Waals surface area (Å²) in [6.45, 7) is 2.35. The van der Waals surface area contributed by atoms with Crippen molar-refractivity contribution in [2.24, 2.45) is 0 Å². The third-order valence-electron chi connectivity index (χ3n) is 5.24. The minimum absolute atomic E-state index is 0.0698. The molecule has 1 saturated heterocycles. The molecule has 146 valence electrons. The Bertz CT molecular complexity index is 864. The first-order valence-electron chi connectivity index (χ1n) is 9.39. The van der Waals surface area contributed by atoms with Gasteiger partial charge < -0.3 is 15.3 Å². The van der Waals surface area contributed by atoms with Crippen LogP contribution in [0.25, 0.3) is 0 Å². The first-order valence-corrected chi connectivity index (χ1v) is 9.39. The molecule has 0 radical (unpaired) electrons. The lowest BCUT2D eigenvalue weighted by Gasteiger charge is -2.34. The Balaban J connectivity index is 1.70. The molecule has 28 heavy (non-hydrogen) atoms. The predicted octanol–water partition coefficient (Wildman–Crippen LogP) is 3.34. The number of amides is 2. The SMILES string of the molecule is CC1(C(=O)Nc2ccc(CCC(=O)O)cc2)CCCN1C(=O)c1ccccc1. The van der Waals surface area contributed by atoms with Crippen molar-refractivity contribution in [3.63, 3.8) is 0 Å².